The Labute approximate surface area is 198 Å². The van der Waals surface area contributed by atoms with E-state index in [0.29, 0.717) is 29.0 Å². The standard InChI is InChI=1S/C24H30N8O2/c1-24(2)13-31(16-7-5-6-8-16)20-18(32-14-27-30-22(24)32)12-26-23(29-20)28-17-10-9-15(21(33)25-3)11-19(17)34-4/h9-12,14,16H,5-8,13H2,1-4H3,(H,25,33)(H,26,28,29). The molecule has 34 heavy (non-hydrogen) atoms. The van der Waals surface area contributed by atoms with Crippen LogP contribution in [-0.2, 0) is 5.41 Å². The predicted molar refractivity (Wildman–Crippen MR) is 129 cm³/mol. The Kier molecular flexibility index (Phi) is 5.59. The van der Waals surface area contributed by atoms with Gasteiger partial charge in [0, 0.05) is 30.6 Å². The van der Waals surface area contributed by atoms with Gasteiger partial charge in [0.1, 0.15) is 23.6 Å². The third kappa shape index (κ3) is 3.82. The molecular formula is C24H30N8O2. The van der Waals surface area contributed by atoms with Crippen molar-refractivity contribution in [2.45, 2.75) is 51.0 Å². The van der Waals surface area contributed by atoms with Crippen LogP contribution in [0, 0.1) is 0 Å². The second kappa shape index (κ2) is 8.58. The molecule has 1 aliphatic carbocycles. The van der Waals surface area contributed by atoms with E-state index in [2.05, 4.69) is 44.6 Å². The molecule has 0 radical (unpaired) electrons. The van der Waals surface area contributed by atoms with Gasteiger partial charge in [-0.05, 0) is 31.0 Å². The highest BCUT2D eigenvalue weighted by Gasteiger charge is 2.38. The van der Waals surface area contributed by atoms with Crippen molar-refractivity contribution in [3.63, 3.8) is 0 Å². The predicted octanol–water partition coefficient (Wildman–Crippen LogP) is 3.21. The van der Waals surface area contributed by atoms with Crippen molar-refractivity contribution in [2.75, 3.05) is 30.9 Å². The molecule has 2 N–H and O–H groups in total. The summed E-state index contributed by atoms with van der Waals surface area (Å²) >= 11 is 0. The molecule has 10 heteroatoms. The fourth-order valence-electron chi connectivity index (χ4n) is 4.97. The van der Waals surface area contributed by atoms with Crippen LogP contribution in [0.3, 0.4) is 0 Å². The third-order valence-electron chi connectivity index (χ3n) is 6.70. The number of nitrogens with one attached hydrogen (secondary N) is 2. The Balaban J connectivity index is 1.55. The van der Waals surface area contributed by atoms with E-state index in [4.69, 9.17) is 9.72 Å². The first-order valence-corrected chi connectivity index (χ1v) is 11.6. The van der Waals surface area contributed by atoms with Crippen LogP contribution in [0.2, 0.25) is 0 Å². The second-order valence-corrected chi connectivity index (χ2v) is 9.50. The fourth-order valence-corrected chi connectivity index (χ4v) is 4.97. The Morgan fingerprint density at radius 2 is 2.03 bits per heavy atom. The molecular weight excluding hydrogens is 432 g/mol. The zero-order chi connectivity index (χ0) is 23.9. The number of rotatable bonds is 5. The molecule has 1 aromatic carbocycles. The average Bonchev–Trinajstić information content (AvgIpc) is 3.54. The Morgan fingerprint density at radius 1 is 1.24 bits per heavy atom. The summed E-state index contributed by atoms with van der Waals surface area (Å²) in [4.78, 5) is 24.0. The van der Waals surface area contributed by atoms with Crippen LogP contribution in [0.1, 0.15) is 55.7 Å². The zero-order valence-electron chi connectivity index (χ0n) is 20.0. The number of methoxy groups -OCH3 is 1. The van der Waals surface area contributed by atoms with Crippen molar-refractivity contribution in [3.05, 3.63) is 42.1 Å². The summed E-state index contributed by atoms with van der Waals surface area (Å²) in [5.41, 5.74) is 1.88. The number of ether oxygens (including phenoxy) is 1. The summed E-state index contributed by atoms with van der Waals surface area (Å²) in [7, 11) is 3.17. The number of hydrogen-bond donors (Lipinski definition) is 2. The first-order chi connectivity index (χ1) is 16.4. The highest BCUT2D eigenvalue weighted by molar-refractivity contribution is 5.95. The molecule has 0 unspecified atom stereocenters. The minimum absolute atomic E-state index is 0.175. The van der Waals surface area contributed by atoms with E-state index >= 15 is 0 Å². The summed E-state index contributed by atoms with van der Waals surface area (Å²) in [6.07, 6.45) is 8.33. The molecule has 1 amide bonds. The van der Waals surface area contributed by atoms with Gasteiger partial charge in [-0.15, -0.1) is 10.2 Å². The minimum atomic E-state index is -0.202. The van der Waals surface area contributed by atoms with Gasteiger partial charge in [-0.3, -0.25) is 9.36 Å². The average molecular weight is 463 g/mol. The molecule has 178 valence electrons. The van der Waals surface area contributed by atoms with Gasteiger partial charge >= 0.3 is 0 Å². The molecule has 2 aromatic heterocycles. The van der Waals surface area contributed by atoms with Gasteiger partial charge in [-0.25, -0.2) is 4.98 Å². The molecule has 0 spiro atoms. The number of nitrogens with zero attached hydrogens (tertiary/aromatic N) is 6. The molecule has 0 atom stereocenters. The van der Waals surface area contributed by atoms with Gasteiger partial charge in [0.2, 0.25) is 5.95 Å². The number of amides is 1. The van der Waals surface area contributed by atoms with Gasteiger partial charge in [0.05, 0.1) is 19.0 Å². The molecule has 1 fully saturated rings. The topological polar surface area (TPSA) is 110 Å². The van der Waals surface area contributed by atoms with E-state index in [0.717, 1.165) is 36.7 Å². The summed E-state index contributed by atoms with van der Waals surface area (Å²) in [5, 5.41) is 14.5. The quantitative estimate of drug-likeness (QED) is 0.595. The largest absolute Gasteiger partial charge is 0.495 e. The van der Waals surface area contributed by atoms with Crippen molar-refractivity contribution in [3.8, 4) is 11.4 Å². The van der Waals surface area contributed by atoms with Crippen LogP contribution < -0.4 is 20.3 Å². The van der Waals surface area contributed by atoms with Crippen molar-refractivity contribution >= 4 is 23.4 Å². The number of fused-ring (bicyclic) bond motifs is 3. The van der Waals surface area contributed by atoms with Crippen LogP contribution in [0.15, 0.2) is 30.7 Å². The van der Waals surface area contributed by atoms with Gasteiger partial charge in [-0.1, -0.05) is 26.7 Å². The molecule has 3 heterocycles. The lowest BCUT2D eigenvalue weighted by Gasteiger charge is -2.34. The van der Waals surface area contributed by atoms with E-state index in [1.54, 1.807) is 38.7 Å². The van der Waals surface area contributed by atoms with Gasteiger partial charge in [0.25, 0.3) is 5.91 Å². The van der Waals surface area contributed by atoms with Crippen LogP contribution in [-0.4, -0.2) is 57.4 Å². The van der Waals surface area contributed by atoms with E-state index in [9.17, 15) is 4.79 Å². The summed E-state index contributed by atoms with van der Waals surface area (Å²) in [6.45, 7) is 5.20. The molecule has 0 saturated heterocycles. The van der Waals surface area contributed by atoms with Crippen LogP contribution in [0.25, 0.3) is 5.69 Å². The maximum Gasteiger partial charge on any atom is 0.251 e. The molecule has 5 rings (SSSR count). The Hall–Kier alpha value is -3.69. The Bertz CT molecular complexity index is 1220. The summed E-state index contributed by atoms with van der Waals surface area (Å²) in [6, 6.07) is 5.67. The van der Waals surface area contributed by atoms with Crippen molar-refractivity contribution in [2.24, 2.45) is 0 Å². The van der Waals surface area contributed by atoms with E-state index in [1.165, 1.54) is 12.8 Å². The smallest absolute Gasteiger partial charge is 0.251 e. The monoisotopic (exact) mass is 462 g/mol. The molecule has 0 bridgehead atoms. The summed E-state index contributed by atoms with van der Waals surface area (Å²) < 4.78 is 7.53. The Morgan fingerprint density at radius 3 is 2.76 bits per heavy atom. The molecule has 10 nitrogen and oxygen atoms in total. The maximum absolute atomic E-state index is 12.0. The fraction of sp³-hybridized carbons (Fsp3) is 0.458. The van der Waals surface area contributed by atoms with Gasteiger partial charge < -0.3 is 20.3 Å². The number of carbonyl (C=O) groups is 1. The first-order valence-electron chi connectivity index (χ1n) is 11.6. The minimum Gasteiger partial charge on any atom is -0.495 e. The number of carbonyl (C=O) groups excluding carboxylic acids is 1. The lowest BCUT2D eigenvalue weighted by Crippen LogP contribution is -2.42. The third-order valence-corrected chi connectivity index (χ3v) is 6.70. The number of anilines is 3. The highest BCUT2D eigenvalue weighted by atomic mass is 16.5. The van der Waals surface area contributed by atoms with E-state index < -0.39 is 0 Å². The second-order valence-electron chi connectivity index (χ2n) is 9.50. The maximum atomic E-state index is 12.0. The zero-order valence-corrected chi connectivity index (χ0v) is 20.0. The number of benzene rings is 1. The first kappa shape index (κ1) is 22.1. The van der Waals surface area contributed by atoms with Gasteiger partial charge in [-0.2, -0.15) is 4.98 Å². The van der Waals surface area contributed by atoms with Crippen LogP contribution in [0.5, 0.6) is 5.75 Å². The molecule has 1 saturated carbocycles. The number of aromatic nitrogens is 5. The van der Waals surface area contributed by atoms with Crippen molar-refractivity contribution < 1.29 is 9.53 Å². The SMILES string of the molecule is CNC(=O)c1ccc(Nc2ncc3c(n2)N(C2CCCC2)CC(C)(C)c2nncn2-3)c(OC)c1. The highest BCUT2D eigenvalue weighted by Crippen LogP contribution is 2.39. The van der Waals surface area contributed by atoms with E-state index in [1.807, 2.05) is 10.8 Å². The number of hydrogen-bond acceptors (Lipinski definition) is 8. The van der Waals surface area contributed by atoms with Crippen molar-refractivity contribution in [1.82, 2.24) is 30.0 Å². The van der Waals surface area contributed by atoms with Crippen molar-refractivity contribution in [1.29, 1.82) is 0 Å². The van der Waals surface area contributed by atoms with Crippen LogP contribution >= 0.6 is 0 Å². The van der Waals surface area contributed by atoms with E-state index in [-0.39, 0.29) is 11.3 Å². The van der Waals surface area contributed by atoms with Crippen LogP contribution in [0.4, 0.5) is 17.5 Å². The molecule has 1 aliphatic heterocycles. The summed E-state index contributed by atoms with van der Waals surface area (Å²) in [5.74, 6) is 2.60. The molecule has 3 aromatic rings. The normalized spacial score (nSPS) is 17.0. The lowest BCUT2D eigenvalue weighted by molar-refractivity contribution is 0.0963. The lowest BCUT2D eigenvalue weighted by atomic mass is 9.91. The van der Waals surface area contributed by atoms with Gasteiger partial charge in [0.15, 0.2) is 5.82 Å². The molecule has 2 aliphatic rings.